The van der Waals surface area contributed by atoms with Crippen LogP contribution in [0.1, 0.15) is 54.7 Å². The first-order chi connectivity index (χ1) is 11.1. The van der Waals surface area contributed by atoms with Crippen LogP contribution in [0.3, 0.4) is 0 Å². The van der Waals surface area contributed by atoms with Gasteiger partial charge in [-0.25, -0.2) is 4.98 Å². The predicted octanol–water partition coefficient (Wildman–Crippen LogP) is 1.45. The minimum Gasteiger partial charge on any atom is -0.348 e. The number of carbonyl (C=O) groups excluding carboxylic acids is 2. The summed E-state index contributed by atoms with van der Waals surface area (Å²) >= 11 is 0. The molecule has 0 spiro atoms. The van der Waals surface area contributed by atoms with Gasteiger partial charge < -0.3 is 10.2 Å². The molecule has 0 radical (unpaired) electrons. The SMILES string of the molecule is Cc1cnc(C(=O)NC2CC3CCC(C2)N3C(=O)C2CC2)cn1. The first kappa shape index (κ1) is 14.6. The van der Waals surface area contributed by atoms with Crippen LogP contribution in [0.5, 0.6) is 0 Å². The second-order valence-corrected chi connectivity index (χ2v) is 7.09. The molecule has 1 N–H and O–H groups in total. The molecule has 1 aromatic rings. The number of amides is 2. The Hall–Kier alpha value is -1.98. The summed E-state index contributed by atoms with van der Waals surface area (Å²) in [6, 6.07) is 0.735. The zero-order valence-electron chi connectivity index (χ0n) is 13.4. The molecule has 122 valence electrons. The van der Waals surface area contributed by atoms with Crippen molar-refractivity contribution in [2.75, 3.05) is 0 Å². The lowest BCUT2D eigenvalue weighted by Crippen LogP contribution is -2.52. The van der Waals surface area contributed by atoms with Gasteiger partial charge in [-0.1, -0.05) is 0 Å². The van der Waals surface area contributed by atoms with Crippen LogP contribution in [0.15, 0.2) is 12.4 Å². The van der Waals surface area contributed by atoms with Crippen molar-refractivity contribution in [1.29, 1.82) is 0 Å². The van der Waals surface area contributed by atoms with E-state index in [9.17, 15) is 9.59 Å². The number of hydrogen-bond donors (Lipinski definition) is 1. The van der Waals surface area contributed by atoms with Gasteiger partial charge in [0.2, 0.25) is 5.91 Å². The van der Waals surface area contributed by atoms with Gasteiger partial charge >= 0.3 is 0 Å². The van der Waals surface area contributed by atoms with Crippen molar-refractivity contribution in [3.05, 3.63) is 23.8 Å². The number of carbonyl (C=O) groups is 2. The van der Waals surface area contributed by atoms with Gasteiger partial charge in [0.15, 0.2) is 0 Å². The van der Waals surface area contributed by atoms with Crippen LogP contribution in [0.4, 0.5) is 0 Å². The van der Waals surface area contributed by atoms with Crippen LogP contribution in [0, 0.1) is 12.8 Å². The van der Waals surface area contributed by atoms with Crippen LogP contribution in [-0.2, 0) is 4.79 Å². The van der Waals surface area contributed by atoms with Crippen LogP contribution in [-0.4, -0.2) is 44.8 Å². The first-order valence-corrected chi connectivity index (χ1v) is 8.53. The molecule has 2 atom stereocenters. The lowest BCUT2D eigenvalue weighted by atomic mass is 9.96. The van der Waals surface area contributed by atoms with E-state index in [-0.39, 0.29) is 17.9 Å². The van der Waals surface area contributed by atoms with Gasteiger partial charge in [0.25, 0.3) is 5.91 Å². The molecule has 3 fully saturated rings. The van der Waals surface area contributed by atoms with E-state index in [1.807, 2.05) is 6.92 Å². The maximum Gasteiger partial charge on any atom is 0.271 e. The van der Waals surface area contributed by atoms with Crippen LogP contribution < -0.4 is 5.32 Å². The summed E-state index contributed by atoms with van der Waals surface area (Å²) in [5, 5.41) is 3.08. The monoisotopic (exact) mass is 314 g/mol. The number of nitrogens with zero attached hydrogens (tertiary/aromatic N) is 3. The summed E-state index contributed by atoms with van der Waals surface area (Å²) in [6.07, 6.45) is 9.10. The van der Waals surface area contributed by atoms with E-state index in [2.05, 4.69) is 20.2 Å². The van der Waals surface area contributed by atoms with Crippen molar-refractivity contribution < 1.29 is 9.59 Å². The second kappa shape index (κ2) is 5.58. The second-order valence-electron chi connectivity index (χ2n) is 7.09. The average molecular weight is 314 g/mol. The van der Waals surface area contributed by atoms with Crippen molar-refractivity contribution in [2.24, 2.45) is 5.92 Å². The normalized spacial score (nSPS) is 29.4. The molecule has 2 aliphatic heterocycles. The Morgan fingerprint density at radius 1 is 1.09 bits per heavy atom. The Bertz CT molecular complexity index is 612. The summed E-state index contributed by atoms with van der Waals surface area (Å²) in [7, 11) is 0. The minimum atomic E-state index is -0.163. The molecule has 4 rings (SSSR count). The lowest BCUT2D eigenvalue weighted by molar-refractivity contribution is -0.137. The van der Waals surface area contributed by atoms with Gasteiger partial charge in [-0.2, -0.15) is 0 Å². The molecule has 0 aromatic carbocycles. The smallest absolute Gasteiger partial charge is 0.271 e. The van der Waals surface area contributed by atoms with Gasteiger partial charge in [-0.15, -0.1) is 0 Å². The average Bonchev–Trinajstić information content (AvgIpc) is 3.33. The van der Waals surface area contributed by atoms with Crippen molar-refractivity contribution in [2.45, 2.75) is 63.6 Å². The Balaban J connectivity index is 1.39. The summed E-state index contributed by atoms with van der Waals surface area (Å²) in [5.74, 6) is 0.475. The van der Waals surface area contributed by atoms with Crippen molar-refractivity contribution in [1.82, 2.24) is 20.2 Å². The molecular formula is C17H22N4O2. The Labute approximate surface area is 135 Å². The van der Waals surface area contributed by atoms with E-state index >= 15 is 0 Å². The summed E-state index contributed by atoms with van der Waals surface area (Å²) in [5.41, 5.74) is 1.16. The molecule has 3 heterocycles. The fraction of sp³-hybridized carbons (Fsp3) is 0.647. The molecule has 3 aliphatic rings. The van der Waals surface area contributed by atoms with E-state index in [0.717, 1.165) is 44.2 Å². The maximum absolute atomic E-state index is 12.4. The molecule has 2 unspecified atom stereocenters. The summed E-state index contributed by atoms with van der Waals surface area (Å²) in [4.78, 5) is 35.1. The molecule has 6 heteroatoms. The zero-order valence-corrected chi connectivity index (χ0v) is 13.4. The highest BCUT2D eigenvalue weighted by molar-refractivity contribution is 5.92. The Morgan fingerprint density at radius 2 is 1.78 bits per heavy atom. The van der Waals surface area contributed by atoms with Crippen molar-refractivity contribution in [3.8, 4) is 0 Å². The molecular weight excluding hydrogens is 292 g/mol. The van der Waals surface area contributed by atoms with E-state index in [1.165, 1.54) is 6.20 Å². The van der Waals surface area contributed by atoms with E-state index in [0.29, 0.717) is 23.7 Å². The molecule has 2 bridgehead atoms. The molecule has 2 amide bonds. The molecule has 1 aromatic heterocycles. The third-order valence-corrected chi connectivity index (χ3v) is 5.26. The zero-order chi connectivity index (χ0) is 16.0. The molecule has 1 saturated carbocycles. The standard InChI is InChI=1S/C17H22N4O2/c1-10-8-19-15(9-18-10)16(22)20-12-6-13-4-5-14(7-12)21(13)17(23)11-2-3-11/h8-9,11-14H,2-7H2,1H3,(H,20,22). The highest BCUT2D eigenvalue weighted by Crippen LogP contribution is 2.40. The number of aromatic nitrogens is 2. The third-order valence-electron chi connectivity index (χ3n) is 5.26. The predicted molar refractivity (Wildman–Crippen MR) is 83.6 cm³/mol. The Morgan fingerprint density at radius 3 is 2.35 bits per heavy atom. The molecule has 6 nitrogen and oxygen atoms in total. The van der Waals surface area contributed by atoms with Gasteiger partial charge in [-0.3, -0.25) is 14.6 Å². The van der Waals surface area contributed by atoms with Crippen LogP contribution in [0.2, 0.25) is 0 Å². The largest absolute Gasteiger partial charge is 0.348 e. The van der Waals surface area contributed by atoms with E-state index < -0.39 is 0 Å². The van der Waals surface area contributed by atoms with Gasteiger partial charge in [0.1, 0.15) is 5.69 Å². The lowest BCUT2D eigenvalue weighted by Gasteiger charge is -2.39. The maximum atomic E-state index is 12.4. The number of nitrogens with one attached hydrogen (secondary N) is 1. The number of rotatable bonds is 3. The fourth-order valence-corrected chi connectivity index (χ4v) is 3.97. The number of aryl methyl sites for hydroxylation is 1. The van der Waals surface area contributed by atoms with Crippen LogP contribution >= 0.6 is 0 Å². The van der Waals surface area contributed by atoms with Gasteiger partial charge in [0, 0.05) is 30.2 Å². The highest BCUT2D eigenvalue weighted by atomic mass is 16.2. The molecule has 2 saturated heterocycles. The molecule has 23 heavy (non-hydrogen) atoms. The minimum absolute atomic E-state index is 0.131. The number of piperidine rings is 1. The highest BCUT2D eigenvalue weighted by Gasteiger charge is 2.47. The van der Waals surface area contributed by atoms with Crippen LogP contribution in [0.25, 0.3) is 0 Å². The summed E-state index contributed by atoms with van der Waals surface area (Å²) in [6.45, 7) is 1.85. The van der Waals surface area contributed by atoms with E-state index in [1.54, 1.807) is 6.20 Å². The van der Waals surface area contributed by atoms with Gasteiger partial charge in [-0.05, 0) is 45.4 Å². The van der Waals surface area contributed by atoms with Crippen molar-refractivity contribution >= 4 is 11.8 Å². The van der Waals surface area contributed by atoms with Gasteiger partial charge in [0.05, 0.1) is 11.9 Å². The molecule has 1 aliphatic carbocycles. The third kappa shape index (κ3) is 2.82. The number of hydrogen-bond acceptors (Lipinski definition) is 4. The Kier molecular flexibility index (Phi) is 3.54. The summed E-state index contributed by atoms with van der Waals surface area (Å²) < 4.78 is 0. The topological polar surface area (TPSA) is 75.2 Å². The fourth-order valence-electron chi connectivity index (χ4n) is 3.97. The van der Waals surface area contributed by atoms with E-state index in [4.69, 9.17) is 0 Å². The van der Waals surface area contributed by atoms with Crippen molar-refractivity contribution in [3.63, 3.8) is 0 Å². The quantitative estimate of drug-likeness (QED) is 0.916. The first-order valence-electron chi connectivity index (χ1n) is 8.53. The number of fused-ring (bicyclic) bond motifs is 2.